The van der Waals surface area contributed by atoms with E-state index in [9.17, 15) is 0 Å². The first kappa shape index (κ1) is 12.9. The summed E-state index contributed by atoms with van der Waals surface area (Å²) in [4.78, 5) is 0. The molecule has 0 saturated heterocycles. The molecule has 1 atom stereocenters. The maximum atomic E-state index is 6.14. The second kappa shape index (κ2) is 5.42. The molecule has 0 unspecified atom stereocenters. The summed E-state index contributed by atoms with van der Waals surface area (Å²) in [6.45, 7) is 2.02. The predicted octanol–water partition coefficient (Wildman–Crippen LogP) is 3.68. The van der Waals surface area contributed by atoms with Crippen LogP contribution in [0.3, 0.4) is 0 Å². The van der Waals surface area contributed by atoms with Crippen molar-refractivity contribution in [3.05, 3.63) is 33.8 Å². The van der Waals surface area contributed by atoms with Crippen LogP contribution in [0.2, 0.25) is 10.0 Å². The first-order chi connectivity index (χ1) is 8.06. The first-order valence-corrected chi connectivity index (χ1v) is 6.74. The quantitative estimate of drug-likeness (QED) is 0.830. The molecule has 0 aromatic heterocycles. The molecule has 0 spiro atoms. The van der Waals surface area contributed by atoms with Gasteiger partial charge in [-0.05, 0) is 49.7 Å². The minimum absolute atomic E-state index is 0.0681. The van der Waals surface area contributed by atoms with Crippen molar-refractivity contribution in [1.29, 1.82) is 0 Å². The van der Waals surface area contributed by atoms with Gasteiger partial charge in [-0.3, -0.25) is 0 Å². The fourth-order valence-electron chi connectivity index (χ4n) is 1.58. The van der Waals surface area contributed by atoms with Crippen LogP contribution < -0.4 is 10.6 Å². The summed E-state index contributed by atoms with van der Waals surface area (Å²) in [5, 5.41) is 8.45. The van der Waals surface area contributed by atoms with Gasteiger partial charge in [-0.1, -0.05) is 29.3 Å². The van der Waals surface area contributed by atoms with E-state index in [-0.39, 0.29) is 6.04 Å². The van der Waals surface area contributed by atoms with Crippen LogP contribution in [0, 0.1) is 0 Å². The van der Waals surface area contributed by atoms with Crippen molar-refractivity contribution in [2.45, 2.75) is 31.8 Å². The highest BCUT2D eigenvalue weighted by Crippen LogP contribution is 2.26. The SMILES string of the molecule is C[C@H](NC(=S)NC1CC1)c1ccc(Cl)cc1Cl. The first-order valence-electron chi connectivity index (χ1n) is 5.58. The van der Waals surface area contributed by atoms with E-state index in [0.717, 1.165) is 5.56 Å². The number of hydrogen-bond acceptors (Lipinski definition) is 1. The lowest BCUT2D eigenvalue weighted by Crippen LogP contribution is -2.38. The van der Waals surface area contributed by atoms with Gasteiger partial charge in [0.25, 0.3) is 0 Å². The number of nitrogens with one attached hydrogen (secondary N) is 2. The molecule has 0 radical (unpaired) electrons. The van der Waals surface area contributed by atoms with Gasteiger partial charge >= 0.3 is 0 Å². The lowest BCUT2D eigenvalue weighted by molar-refractivity contribution is 0.697. The lowest BCUT2D eigenvalue weighted by Gasteiger charge is -2.18. The van der Waals surface area contributed by atoms with E-state index < -0.39 is 0 Å². The van der Waals surface area contributed by atoms with Crippen molar-refractivity contribution in [2.24, 2.45) is 0 Å². The molecule has 1 aromatic rings. The maximum Gasteiger partial charge on any atom is 0.166 e. The zero-order valence-electron chi connectivity index (χ0n) is 9.47. The summed E-state index contributed by atoms with van der Waals surface area (Å²) >= 11 is 17.2. The van der Waals surface area contributed by atoms with Gasteiger partial charge in [-0.2, -0.15) is 0 Å². The Hall–Kier alpha value is -0.510. The summed E-state index contributed by atoms with van der Waals surface area (Å²) in [7, 11) is 0. The predicted molar refractivity (Wildman–Crippen MR) is 76.8 cm³/mol. The number of rotatable bonds is 3. The number of halogens is 2. The molecule has 1 aliphatic rings. The normalized spacial score (nSPS) is 16.4. The molecular weight excluding hydrogens is 275 g/mol. The highest BCUT2D eigenvalue weighted by atomic mass is 35.5. The average molecular weight is 289 g/mol. The third kappa shape index (κ3) is 3.73. The van der Waals surface area contributed by atoms with E-state index in [1.54, 1.807) is 6.07 Å². The largest absolute Gasteiger partial charge is 0.360 e. The van der Waals surface area contributed by atoms with Crippen LogP contribution >= 0.6 is 35.4 Å². The molecule has 1 saturated carbocycles. The Balaban J connectivity index is 1.97. The molecule has 0 heterocycles. The second-order valence-electron chi connectivity index (χ2n) is 4.28. The van der Waals surface area contributed by atoms with Crippen molar-refractivity contribution < 1.29 is 0 Å². The van der Waals surface area contributed by atoms with Gasteiger partial charge in [0.1, 0.15) is 0 Å². The molecule has 5 heteroatoms. The minimum atomic E-state index is 0.0681. The van der Waals surface area contributed by atoms with Crippen molar-refractivity contribution >= 4 is 40.5 Å². The number of thiocarbonyl (C=S) groups is 1. The fourth-order valence-corrected chi connectivity index (χ4v) is 2.50. The Morgan fingerprint density at radius 2 is 2.12 bits per heavy atom. The smallest absolute Gasteiger partial charge is 0.166 e. The molecule has 0 bridgehead atoms. The Morgan fingerprint density at radius 1 is 1.41 bits per heavy atom. The number of hydrogen-bond donors (Lipinski definition) is 2. The number of benzene rings is 1. The zero-order chi connectivity index (χ0) is 12.4. The zero-order valence-corrected chi connectivity index (χ0v) is 11.8. The summed E-state index contributed by atoms with van der Waals surface area (Å²) in [6, 6.07) is 6.12. The molecule has 1 aromatic carbocycles. The Morgan fingerprint density at radius 3 is 2.71 bits per heavy atom. The van der Waals surface area contributed by atoms with Gasteiger partial charge < -0.3 is 10.6 Å². The third-order valence-corrected chi connectivity index (χ3v) is 3.49. The van der Waals surface area contributed by atoms with Gasteiger partial charge in [-0.15, -0.1) is 0 Å². The van der Waals surface area contributed by atoms with Crippen LogP contribution in [0.5, 0.6) is 0 Å². The van der Waals surface area contributed by atoms with Crippen LogP contribution in [0.25, 0.3) is 0 Å². The Kier molecular flexibility index (Phi) is 4.13. The van der Waals surface area contributed by atoms with Crippen molar-refractivity contribution in [3.63, 3.8) is 0 Å². The van der Waals surface area contributed by atoms with Crippen LogP contribution in [-0.4, -0.2) is 11.2 Å². The Labute approximate surface area is 117 Å². The lowest BCUT2D eigenvalue weighted by atomic mass is 10.1. The van der Waals surface area contributed by atoms with Gasteiger partial charge in [-0.25, -0.2) is 0 Å². The van der Waals surface area contributed by atoms with E-state index in [1.807, 2.05) is 19.1 Å². The third-order valence-electron chi connectivity index (χ3n) is 2.69. The van der Waals surface area contributed by atoms with Crippen molar-refractivity contribution in [1.82, 2.24) is 10.6 Å². The van der Waals surface area contributed by atoms with Crippen LogP contribution in [0.15, 0.2) is 18.2 Å². The molecule has 1 fully saturated rings. The molecule has 2 rings (SSSR count). The summed E-state index contributed by atoms with van der Waals surface area (Å²) < 4.78 is 0. The highest BCUT2D eigenvalue weighted by molar-refractivity contribution is 7.80. The summed E-state index contributed by atoms with van der Waals surface area (Å²) in [5.74, 6) is 0. The van der Waals surface area contributed by atoms with Crippen molar-refractivity contribution in [2.75, 3.05) is 0 Å². The van der Waals surface area contributed by atoms with E-state index in [1.165, 1.54) is 12.8 Å². The summed E-state index contributed by atoms with van der Waals surface area (Å²) in [5.41, 5.74) is 0.996. The molecule has 0 amide bonds. The monoisotopic (exact) mass is 288 g/mol. The van der Waals surface area contributed by atoms with Crippen molar-refractivity contribution in [3.8, 4) is 0 Å². The average Bonchev–Trinajstić information content (AvgIpc) is 3.00. The van der Waals surface area contributed by atoms with E-state index in [0.29, 0.717) is 21.2 Å². The fraction of sp³-hybridized carbons (Fsp3) is 0.417. The highest BCUT2D eigenvalue weighted by Gasteiger charge is 2.22. The molecule has 17 heavy (non-hydrogen) atoms. The molecule has 0 aliphatic heterocycles. The molecular formula is C12H14Cl2N2S. The topological polar surface area (TPSA) is 24.1 Å². The van der Waals surface area contributed by atoms with Crippen LogP contribution in [0.1, 0.15) is 31.4 Å². The van der Waals surface area contributed by atoms with Gasteiger partial charge in [0, 0.05) is 16.1 Å². The van der Waals surface area contributed by atoms with Gasteiger partial charge in [0.2, 0.25) is 0 Å². The molecule has 2 nitrogen and oxygen atoms in total. The maximum absolute atomic E-state index is 6.14. The molecule has 2 N–H and O–H groups in total. The van der Waals surface area contributed by atoms with E-state index >= 15 is 0 Å². The second-order valence-corrected chi connectivity index (χ2v) is 5.53. The molecule has 92 valence electrons. The molecule has 1 aliphatic carbocycles. The summed E-state index contributed by atoms with van der Waals surface area (Å²) in [6.07, 6.45) is 2.41. The Bertz CT molecular complexity index is 433. The van der Waals surface area contributed by atoms with Gasteiger partial charge in [0.05, 0.1) is 6.04 Å². The van der Waals surface area contributed by atoms with E-state index in [4.69, 9.17) is 35.4 Å². The van der Waals surface area contributed by atoms with Gasteiger partial charge in [0.15, 0.2) is 5.11 Å². The van der Waals surface area contributed by atoms with E-state index in [2.05, 4.69) is 10.6 Å². The van der Waals surface area contributed by atoms with Crippen LogP contribution in [-0.2, 0) is 0 Å². The standard InChI is InChI=1S/C12H14Cl2N2S/c1-7(15-12(17)16-9-3-4-9)10-5-2-8(13)6-11(10)14/h2,5-7,9H,3-4H2,1H3,(H2,15,16,17)/t7-/m0/s1. The minimum Gasteiger partial charge on any atom is -0.360 e. The van der Waals surface area contributed by atoms with Crippen LogP contribution in [0.4, 0.5) is 0 Å².